The molecule has 0 saturated heterocycles. The zero-order valence-electron chi connectivity index (χ0n) is 19.8. The molecule has 0 bridgehead atoms. The first kappa shape index (κ1) is 23.1. The van der Waals surface area contributed by atoms with Gasteiger partial charge in [0.1, 0.15) is 0 Å². The lowest BCUT2D eigenvalue weighted by Gasteiger charge is -2.48. The number of allylic oxidation sites excluding steroid dienone is 2. The van der Waals surface area contributed by atoms with Gasteiger partial charge in [-0.25, -0.2) is 0 Å². The van der Waals surface area contributed by atoms with E-state index in [9.17, 15) is 9.90 Å². The molecule has 0 aliphatic heterocycles. The van der Waals surface area contributed by atoms with Crippen molar-refractivity contribution in [1.29, 1.82) is 0 Å². The summed E-state index contributed by atoms with van der Waals surface area (Å²) in [4.78, 5) is 13.5. The molecule has 5 nitrogen and oxygen atoms in total. The van der Waals surface area contributed by atoms with Crippen LogP contribution in [-0.2, 0) is 11.2 Å². The van der Waals surface area contributed by atoms with Crippen LogP contribution in [0.4, 0.5) is 0 Å². The third-order valence-corrected chi connectivity index (χ3v) is 7.16. The molecule has 0 aromatic heterocycles. The minimum Gasteiger partial charge on any atom is -0.493 e. The summed E-state index contributed by atoms with van der Waals surface area (Å²) < 4.78 is 16.6. The molecular formula is C28H32O5. The van der Waals surface area contributed by atoms with Gasteiger partial charge in [-0.05, 0) is 68.4 Å². The van der Waals surface area contributed by atoms with E-state index in [1.165, 1.54) is 5.56 Å². The van der Waals surface area contributed by atoms with Crippen LogP contribution in [-0.4, -0.2) is 38.3 Å². The quantitative estimate of drug-likeness (QED) is 0.619. The third-order valence-electron chi connectivity index (χ3n) is 7.16. The number of methoxy groups -OCH3 is 3. The Labute approximate surface area is 195 Å². The number of rotatable bonds is 6. The molecule has 2 atom stereocenters. The van der Waals surface area contributed by atoms with Crippen molar-refractivity contribution in [3.05, 3.63) is 70.3 Å². The number of carbonyl (C=O) groups excluding carboxylic acids is 1. The first-order valence-corrected chi connectivity index (χ1v) is 11.4. The van der Waals surface area contributed by atoms with Gasteiger partial charge in [-0.3, -0.25) is 4.79 Å². The Balaban J connectivity index is 1.84. The zero-order valence-corrected chi connectivity index (χ0v) is 19.8. The van der Waals surface area contributed by atoms with Gasteiger partial charge in [-0.2, -0.15) is 0 Å². The van der Waals surface area contributed by atoms with Crippen molar-refractivity contribution in [2.24, 2.45) is 5.41 Å². The highest BCUT2D eigenvalue weighted by Crippen LogP contribution is 2.53. The maximum Gasteiger partial charge on any atom is 0.203 e. The number of aliphatic hydroxyl groups excluding tert-OH is 1. The molecule has 5 heteroatoms. The summed E-state index contributed by atoms with van der Waals surface area (Å²) in [5, 5.41) is 11.3. The average Bonchev–Trinajstić information content (AvgIpc) is 2.83. The second-order valence-electron chi connectivity index (χ2n) is 8.93. The molecule has 0 unspecified atom stereocenters. The Hall–Kier alpha value is -3.05. The molecule has 0 heterocycles. The van der Waals surface area contributed by atoms with Gasteiger partial charge < -0.3 is 19.3 Å². The standard InChI is InChI=1S/C28H32O5/c1-18-22-11-8-12-24(29)28(22,16-19-9-6-5-7-10-19)17-21(25(18)30)15-20-13-14-23(31-2)27(33-4)26(20)32-3/h5-7,9-10,13-15,24,29H,8,11-12,16-17H2,1-4H3/b21-15+/t24-,28-/m0/s1. The predicted octanol–water partition coefficient (Wildman–Crippen LogP) is 5.16. The number of benzene rings is 2. The molecule has 0 spiro atoms. The monoisotopic (exact) mass is 448 g/mol. The van der Waals surface area contributed by atoms with Gasteiger partial charge in [0.25, 0.3) is 0 Å². The van der Waals surface area contributed by atoms with Crippen LogP contribution in [0, 0.1) is 5.41 Å². The highest BCUT2D eigenvalue weighted by molar-refractivity contribution is 6.12. The summed E-state index contributed by atoms with van der Waals surface area (Å²) in [5.41, 5.74) is 4.00. The molecule has 0 radical (unpaired) electrons. The van der Waals surface area contributed by atoms with E-state index >= 15 is 0 Å². The topological polar surface area (TPSA) is 65.0 Å². The minimum absolute atomic E-state index is 0.0413. The van der Waals surface area contributed by atoms with Crippen molar-refractivity contribution < 1.29 is 24.1 Å². The Morgan fingerprint density at radius 1 is 1.03 bits per heavy atom. The van der Waals surface area contributed by atoms with E-state index in [4.69, 9.17) is 14.2 Å². The van der Waals surface area contributed by atoms with Gasteiger partial charge in [0.2, 0.25) is 5.75 Å². The molecule has 1 saturated carbocycles. The number of carbonyl (C=O) groups is 1. The summed E-state index contributed by atoms with van der Waals surface area (Å²) in [6.07, 6.45) is 5.08. The summed E-state index contributed by atoms with van der Waals surface area (Å²) >= 11 is 0. The lowest BCUT2D eigenvalue weighted by atomic mass is 9.57. The fourth-order valence-corrected chi connectivity index (χ4v) is 5.57. The Morgan fingerprint density at radius 2 is 1.76 bits per heavy atom. The molecule has 1 N–H and O–H groups in total. The van der Waals surface area contributed by atoms with Crippen LogP contribution < -0.4 is 14.2 Å². The van der Waals surface area contributed by atoms with E-state index in [2.05, 4.69) is 12.1 Å². The van der Waals surface area contributed by atoms with E-state index in [1.807, 2.05) is 43.3 Å². The van der Waals surface area contributed by atoms with Crippen molar-refractivity contribution in [1.82, 2.24) is 0 Å². The number of aliphatic hydroxyl groups is 1. The van der Waals surface area contributed by atoms with Crippen molar-refractivity contribution in [2.75, 3.05) is 21.3 Å². The zero-order chi connectivity index (χ0) is 23.6. The largest absolute Gasteiger partial charge is 0.493 e. The van der Waals surface area contributed by atoms with Crippen LogP contribution in [0.1, 0.15) is 43.7 Å². The summed E-state index contributed by atoms with van der Waals surface area (Å²) in [7, 11) is 4.72. The second kappa shape index (κ2) is 9.44. The third kappa shape index (κ3) is 4.06. The first-order chi connectivity index (χ1) is 15.9. The van der Waals surface area contributed by atoms with Crippen LogP contribution in [0.15, 0.2) is 59.2 Å². The normalized spacial score (nSPS) is 24.0. The van der Waals surface area contributed by atoms with Crippen LogP contribution >= 0.6 is 0 Å². The van der Waals surface area contributed by atoms with Crippen molar-refractivity contribution in [3.8, 4) is 17.2 Å². The van der Waals surface area contributed by atoms with Crippen LogP contribution in [0.3, 0.4) is 0 Å². The van der Waals surface area contributed by atoms with E-state index in [0.717, 1.165) is 36.0 Å². The van der Waals surface area contributed by atoms with Gasteiger partial charge in [0.15, 0.2) is 17.3 Å². The van der Waals surface area contributed by atoms with Gasteiger partial charge in [-0.1, -0.05) is 35.9 Å². The van der Waals surface area contributed by atoms with E-state index < -0.39 is 11.5 Å². The lowest BCUT2D eigenvalue weighted by molar-refractivity contribution is -0.113. The van der Waals surface area contributed by atoms with Gasteiger partial charge >= 0.3 is 0 Å². The van der Waals surface area contributed by atoms with Gasteiger partial charge in [0, 0.05) is 16.6 Å². The second-order valence-corrected chi connectivity index (χ2v) is 8.93. The summed E-state index contributed by atoms with van der Waals surface area (Å²) in [5.74, 6) is 1.61. The van der Waals surface area contributed by atoms with E-state index in [1.54, 1.807) is 21.3 Å². The minimum atomic E-state index is -0.500. The number of hydrogen-bond acceptors (Lipinski definition) is 5. The molecule has 2 aliphatic carbocycles. The smallest absolute Gasteiger partial charge is 0.203 e. The van der Waals surface area contributed by atoms with Crippen molar-refractivity contribution in [3.63, 3.8) is 0 Å². The van der Waals surface area contributed by atoms with E-state index in [-0.39, 0.29) is 5.78 Å². The van der Waals surface area contributed by atoms with Crippen LogP contribution in [0.5, 0.6) is 17.2 Å². The number of ketones is 1. The Morgan fingerprint density at radius 3 is 2.42 bits per heavy atom. The predicted molar refractivity (Wildman–Crippen MR) is 129 cm³/mol. The molecule has 0 amide bonds. The maximum absolute atomic E-state index is 13.5. The molecule has 33 heavy (non-hydrogen) atoms. The summed E-state index contributed by atoms with van der Waals surface area (Å²) in [6.45, 7) is 1.91. The lowest BCUT2D eigenvalue weighted by Crippen LogP contribution is -2.46. The molecular weight excluding hydrogens is 416 g/mol. The summed E-state index contributed by atoms with van der Waals surface area (Å²) in [6, 6.07) is 13.9. The fraction of sp³-hybridized carbons (Fsp3) is 0.393. The Kier molecular flexibility index (Phi) is 6.61. The highest BCUT2D eigenvalue weighted by atomic mass is 16.5. The van der Waals surface area contributed by atoms with Crippen molar-refractivity contribution >= 4 is 11.9 Å². The number of ether oxygens (including phenoxy) is 3. The fourth-order valence-electron chi connectivity index (χ4n) is 5.57. The molecule has 2 aliphatic rings. The molecule has 174 valence electrons. The van der Waals surface area contributed by atoms with E-state index in [0.29, 0.717) is 35.7 Å². The number of hydrogen-bond donors (Lipinski definition) is 1. The molecule has 2 aromatic rings. The average molecular weight is 449 g/mol. The molecule has 1 fully saturated rings. The van der Waals surface area contributed by atoms with Crippen molar-refractivity contribution in [2.45, 2.75) is 45.1 Å². The SMILES string of the molecule is COc1ccc(/C=C2\C[C@@]3(Cc4ccccc4)C(=C(C)C2=O)CCC[C@@H]3O)c(OC)c1OC. The number of fused-ring (bicyclic) bond motifs is 1. The number of Topliss-reactive ketones (excluding diaryl/α,β-unsaturated/α-hetero) is 1. The molecule has 4 rings (SSSR count). The van der Waals surface area contributed by atoms with Gasteiger partial charge in [0.05, 0.1) is 27.4 Å². The van der Waals surface area contributed by atoms with Crippen LogP contribution in [0.25, 0.3) is 6.08 Å². The van der Waals surface area contributed by atoms with Crippen LogP contribution in [0.2, 0.25) is 0 Å². The maximum atomic E-state index is 13.5. The Bertz CT molecular complexity index is 1100. The highest BCUT2D eigenvalue weighted by Gasteiger charge is 2.48. The van der Waals surface area contributed by atoms with Gasteiger partial charge in [-0.15, -0.1) is 0 Å². The first-order valence-electron chi connectivity index (χ1n) is 11.4. The molecule has 2 aromatic carbocycles.